The number of nitrogens with zero attached hydrogens (tertiary/aromatic N) is 2. The van der Waals surface area contributed by atoms with E-state index in [0.717, 1.165) is 11.3 Å². The van der Waals surface area contributed by atoms with E-state index in [1.807, 2.05) is 0 Å². The lowest BCUT2D eigenvalue weighted by Gasteiger charge is -2.42. The maximum Gasteiger partial charge on any atom is 0.365 e. The molecule has 1 aromatic rings. The summed E-state index contributed by atoms with van der Waals surface area (Å²) in [5, 5.41) is 9.99. The molecule has 1 aliphatic heterocycles. The van der Waals surface area contributed by atoms with Gasteiger partial charge in [0, 0.05) is 5.38 Å². The monoisotopic (exact) mass is 290 g/mol. The summed E-state index contributed by atoms with van der Waals surface area (Å²) in [5.74, 6) is -1.68. The van der Waals surface area contributed by atoms with Gasteiger partial charge in [0.2, 0.25) is 5.01 Å². The third kappa shape index (κ3) is 1.62. The number of carbonyl (C=O) groups is 2. The molecule has 1 N–H and O–H groups in total. The average Bonchev–Trinajstić information content (AvgIpc) is 2.73. The zero-order chi connectivity index (χ0) is 13.7. The van der Waals surface area contributed by atoms with Crippen LogP contribution in [0.5, 0.6) is 0 Å². The van der Waals surface area contributed by atoms with Gasteiger partial charge in [-0.15, -0.1) is 11.3 Å². The van der Waals surface area contributed by atoms with Gasteiger partial charge in [0.25, 0.3) is 15.9 Å². The van der Waals surface area contributed by atoms with Crippen molar-refractivity contribution in [1.29, 1.82) is 0 Å². The smallest absolute Gasteiger partial charge is 0.365 e. The molecule has 0 saturated carbocycles. The van der Waals surface area contributed by atoms with Crippen molar-refractivity contribution in [3.63, 3.8) is 0 Å². The van der Waals surface area contributed by atoms with Crippen LogP contribution in [-0.4, -0.2) is 39.4 Å². The number of carboxylic acid groups (broad SMARTS) is 1. The summed E-state index contributed by atoms with van der Waals surface area (Å²) in [6, 6.07) is 0. The quantitative estimate of drug-likeness (QED) is 0.858. The van der Waals surface area contributed by atoms with Crippen molar-refractivity contribution in [3.8, 4) is 0 Å². The maximum atomic E-state index is 11.8. The van der Waals surface area contributed by atoms with Crippen molar-refractivity contribution in [2.24, 2.45) is 0 Å². The van der Waals surface area contributed by atoms with Crippen molar-refractivity contribution >= 4 is 33.2 Å². The topological polar surface area (TPSA) is 105 Å². The second kappa shape index (κ2) is 3.75. The van der Waals surface area contributed by atoms with Gasteiger partial charge in [-0.05, 0) is 13.8 Å². The Bertz CT molecular complexity index is 631. The molecule has 1 aromatic heterocycles. The molecular weight excluding hydrogens is 280 g/mol. The Labute approximate surface area is 107 Å². The first-order valence-corrected chi connectivity index (χ1v) is 7.24. The summed E-state index contributed by atoms with van der Waals surface area (Å²) in [6.07, 6.45) is 0. The summed E-state index contributed by atoms with van der Waals surface area (Å²) >= 11 is 0.892. The fraction of sp³-hybridized carbons (Fsp3) is 0.444. The molecule has 1 saturated heterocycles. The molecule has 9 heteroatoms. The Kier molecular flexibility index (Phi) is 2.70. The van der Waals surface area contributed by atoms with E-state index in [4.69, 9.17) is 5.11 Å². The number of hydrogen-bond donors (Lipinski definition) is 1. The van der Waals surface area contributed by atoms with E-state index in [1.165, 1.54) is 19.2 Å². The highest BCUT2D eigenvalue weighted by atomic mass is 32.2. The zero-order valence-corrected chi connectivity index (χ0v) is 11.2. The van der Waals surface area contributed by atoms with Crippen LogP contribution in [0.4, 0.5) is 0 Å². The predicted molar refractivity (Wildman–Crippen MR) is 62.6 cm³/mol. The van der Waals surface area contributed by atoms with Crippen molar-refractivity contribution in [2.75, 3.05) is 0 Å². The van der Waals surface area contributed by atoms with Crippen LogP contribution in [0.1, 0.15) is 29.3 Å². The van der Waals surface area contributed by atoms with Gasteiger partial charge < -0.3 is 5.11 Å². The highest BCUT2D eigenvalue weighted by Gasteiger charge is 2.60. The molecule has 1 amide bonds. The summed E-state index contributed by atoms with van der Waals surface area (Å²) in [7, 11) is -3.66. The van der Waals surface area contributed by atoms with E-state index in [1.54, 1.807) is 0 Å². The van der Waals surface area contributed by atoms with Crippen LogP contribution in [-0.2, 0) is 21.4 Å². The van der Waals surface area contributed by atoms with Gasteiger partial charge in [-0.2, -0.15) is 0 Å². The second-order valence-corrected chi connectivity index (χ2v) is 7.55. The normalized spacial score (nSPS) is 20.6. The van der Waals surface area contributed by atoms with Crippen LogP contribution in [0, 0.1) is 0 Å². The Morgan fingerprint density at radius 1 is 1.56 bits per heavy atom. The SMILES string of the molecule is CC1(C)C(=O)N(Cc2csc(C(=O)O)n2)S1(=O)=O. The van der Waals surface area contributed by atoms with E-state index in [-0.39, 0.29) is 17.2 Å². The van der Waals surface area contributed by atoms with Crippen LogP contribution < -0.4 is 0 Å². The summed E-state index contributed by atoms with van der Waals surface area (Å²) in [4.78, 5) is 26.0. The van der Waals surface area contributed by atoms with E-state index in [0.29, 0.717) is 4.31 Å². The molecule has 2 rings (SSSR count). The minimum absolute atomic E-state index is 0.130. The molecular formula is C9H10N2O5S2. The molecule has 0 aromatic carbocycles. The first kappa shape index (κ1) is 13.0. The van der Waals surface area contributed by atoms with E-state index in [9.17, 15) is 18.0 Å². The van der Waals surface area contributed by atoms with Crippen LogP contribution >= 0.6 is 11.3 Å². The molecule has 0 atom stereocenters. The van der Waals surface area contributed by atoms with Crippen molar-refractivity contribution in [3.05, 3.63) is 16.1 Å². The van der Waals surface area contributed by atoms with Crippen molar-refractivity contribution in [2.45, 2.75) is 25.1 Å². The fourth-order valence-electron chi connectivity index (χ4n) is 1.54. The maximum absolute atomic E-state index is 11.8. The molecule has 0 unspecified atom stereocenters. The van der Waals surface area contributed by atoms with Crippen LogP contribution in [0.2, 0.25) is 0 Å². The van der Waals surface area contributed by atoms with Gasteiger partial charge in [0.15, 0.2) is 4.75 Å². The summed E-state index contributed by atoms with van der Waals surface area (Å²) < 4.78 is 22.9. The number of aromatic nitrogens is 1. The first-order valence-electron chi connectivity index (χ1n) is 4.92. The summed E-state index contributed by atoms with van der Waals surface area (Å²) in [5.41, 5.74) is 0.254. The number of carboxylic acids is 1. The van der Waals surface area contributed by atoms with Crippen LogP contribution in [0.15, 0.2) is 5.38 Å². The molecule has 1 aliphatic rings. The van der Waals surface area contributed by atoms with Gasteiger partial charge in [-0.25, -0.2) is 22.5 Å². The van der Waals surface area contributed by atoms with Crippen molar-refractivity contribution in [1.82, 2.24) is 9.29 Å². The molecule has 0 radical (unpaired) electrons. The predicted octanol–water partition coefficient (Wildman–Crippen LogP) is 0.292. The third-order valence-corrected chi connectivity index (χ3v) is 5.94. The fourth-order valence-corrected chi connectivity index (χ4v) is 3.68. The standard InChI is InChI=1S/C9H10N2O5S2/c1-9(2)8(14)11(18(9,15)16)3-5-4-17-6(10-5)7(12)13/h4H,3H2,1-2H3,(H,12,13). The number of hydrogen-bond acceptors (Lipinski definition) is 6. The Morgan fingerprint density at radius 3 is 2.61 bits per heavy atom. The van der Waals surface area contributed by atoms with Gasteiger partial charge in [0.05, 0.1) is 12.2 Å². The summed E-state index contributed by atoms with van der Waals surface area (Å²) in [6.45, 7) is 2.46. The lowest BCUT2D eigenvalue weighted by Crippen LogP contribution is -2.66. The second-order valence-electron chi connectivity index (χ2n) is 4.28. The minimum atomic E-state index is -3.66. The van der Waals surface area contributed by atoms with Crippen LogP contribution in [0.3, 0.4) is 0 Å². The largest absolute Gasteiger partial charge is 0.476 e. The molecule has 98 valence electrons. The molecule has 7 nitrogen and oxygen atoms in total. The van der Waals surface area contributed by atoms with E-state index in [2.05, 4.69) is 4.98 Å². The molecule has 0 bridgehead atoms. The van der Waals surface area contributed by atoms with E-state index < -0.39 is 26.6 Å². The molecule has 2 heterocycles. The Balaban J connectivity index is 2.21. The number of carbonyl (C=O) groups excluding carboxylic acids is 1. The molecule has 0 spiro atoms. The Morgan fingerprint density at radius 2 is 2.17 bits per heavy atom. The third-order valence-electron chi connectivity index (χ3n) is 2.72. The lowest BCUT2D eigenvalue weighted by molar-refractivity contribution is -0.132. The molecule has 1 fully saturated rings. The van der Waals surface area contributed by atoms with Crippen LogP contribution in [0.25, 0.3) is 0 Å². The molecule has 0 aliphatic carbocycles. The number of thiazole rings is 1. The van der Waals surface area contributed by atoms with Gasteiger partial charge in [0.1, 0.15) is 0 Å². The average molecular weight is 290 g/mol. The van der Waals surface area contributed by atoms with Gasteiger partial charge >= 0.3 is 5.97 Å². The van der Waals surface area contributed by atoms with E-state index >= 15 is 0 Å². The first-order chi connectivity index (χ1) is 8.18. The minimum Gasteiger partial charge on any atom is -0.476 e. The molecule has 18 heavy (non-hydrogen) atoms. The number of amides is 1. The number of sulfonamides is 1. The number of rotatable bonds is 3. The number of aromatic carboxylic acids is 1. The zero-order valence-electron chi connectivity index (χ0n) is 9.58. The van der Waals surface area contributed by atoms with Gasteiger partial charge in [-0.1, -0.05) is 0 Å². The highest BCUT2D eigenvalue weighted by Crippen LogP contribution is 2.36. The lowest BCUT2D eigenvalue weighted by atomic mass is 10.2. The highest BCUT2D eigenvalue weighted by molar-refractivity contribution is 7.94. The van der Waals surface area contributed by atoms with Crippen molar-refractivity contribution < 1.29 is 23.1 Å². The Hall–Kier alpha value is -1.48. The van der Waals surface area contributed by atoms with Gasteiger partial charge in [-0.3, -0.25) is 4.79 Å².